The van der Waals surface area contributed by atoms with Crippen LogP contribution in [0.25, 0.3) is 10.4 Å². The van der Waals surface area contributed by atoms with Crippen molar-refractivity contribution in [3.63, 3.8) is 0 Å². The number of aliphatic hydroxyl groups is 3. The lowest BCUT2D eigenvalue weighted by molar-refractivity contribution is -0.223. The van der Waals surface area contributed by atoms with E-state index in [1.54, 1.807) is 0 Å². The first-order valence-corrected chi connectivity index (χ1v) is 16.5. The minimum absolute atomic E-state index is 0.0267. The highest BCUT2D eigenvalue weighted by Gasteiger charge is 2.65. The second-order valence-corrected chi connectivity index (χ2v) is 15.3. The molecule has 42 heavy (non-hydrogen) atoms. The third kappa shape index (κ3) is 6.21. The van der Waals surface area contributed by atoms with Gasteiger partial charge in [0, 0.05) is 23.9 Å². The largest absolute Gasteiger partial charge is 0.393 e. The van der Waals surface area contributed by atoms with Gasteiger partial charge in [-0.2, -0.15) is 0 Å². The van der Waals surface area contributed by atoms with Gasteiger partial charge in [0.1, 0.15) is 0 Å². The molecule has 1 aliphatic heterocycles. The van der Waals surface area contributed by atoms with Crippen LogP contribution in [0.4, 0.5) is 0 Å². The third-order valence-electron chi connectivity index (χ3n) is 12.9. The lowest BCUT2D eigenvalue weighted by atomic mass is 9.43. The predicted molar refractivity (Wildman–Crippen MR) is 160 cm³/mol. The van der Waals surface area contributed by atoms with Gasteiger partial charge in [0.15, 0.2) is 0 Å². The van der Waals surface area contributed by atoms with Crippen LogP contribution in [0, 0.1) is 46.3 Å². The van der Waals surface area contributed by atoms with Crippen LogP contribution in [0.1, 0.15) is 98.3 Å². The summed E-state index contributed by atoms with van der Waals surface area (Å²) in [7, 11) is 0. The highest BCUT2D eigenvalue weighted by Crippen LogP contribution is 2.68. The van der Waals surface area contributed by atoms with Crippen molar-refractivity contribution in [2.45, 2.75) is 128 Å². The van der Waals surface area contributed by atoms with Crippen molar-refractivity contribution < 1.29 is 20.1 Å². The summed E-state index contributed by atoms with van der Waals surface area (Å²) in [5, 5.41) is 43.1. The Balaban J connectivity index is 1.18. The molecule has 0 spiro atoms. The molecule has 5 aliphatic rings. The van der Waals surface area contributed by atoms with Crippen LogP contribution in [-0.4, -0.2) is 64.5 Å². The highest BCUT2D eigenvalue weighted by atomic mass is 16.3. The molecule has 1 saturated heterocycles. The van der Waals surface area contributed by atoms with E-state index in [1.165, 1.54) is 0 Å². The predicted octanol–water partition coefficient (Wildman–Crippen LogP) is 3.31. The van der Waals surface area contributed by atoms with E-state index in [2.05, 4.69) is 59.2 Å². The van der Waals surface area contributed by atoms with E-state index in [0.29, 0.717) is 43.1 Å². The van der Waals surface area contributed by atoms with Crippen LogP contribution in [-0.2, 0) is 4.79 Å². The molecule has 1 heterocycles. The standard InChI is InChI=1S/C31H55N7O4/c1-18(5-8-25(40)35-19(16-33-17-34-38-32)9-14-31(4)36-37-31)21-6-7-22-26-23(11-13-29(21,22)2)30(3)12-10-20(39)15-24(30)27(41)28(26)42/h18-24,26-28,33,36-37,39,41-42H,5-17H2,1-4H3,(H,35,40). The van der Waals surface area contributed by atoms with Gasteiger partial charge in [-0.05, 0) is 123 Å². The van der Waals surface area contributed by atoms with E-state index >= 15 is 0 Å². The molecule has 12 atom stereocenters. The summed E-state index contributed by atoms with van der Waals surface area (Å²) < 4.78 is 0. The van der Waals surface area contributed by atoms with E-state index in [9.17, 15) is 20.1 Å². The first kappa shape index (κ1) is 31.9. The molecule has 4 saturated carbocycles. The molecule has 238 valence electrons. The molecule has 5 fully saturated rings. The SMILES string of the molecule is CC(CCC(=O)NC(CCC1(C)NN1)CNCN=[N+]=[N-])C1CCC2C3C(O)C(O)C4CC(O)CCC4(C)C3CCC12C. The van der Waals surface area contributed by atoms with E-state index in [-0.39, 0.29) is 53.1 Å². The molecule has 5 rings (SSSR count). The van der Waals surface area contributed by atoms with Crippen LogP contribution in [0.3, 0.4) is 0 Å². The van der Waals surface area contributed by atoms with Crippen LogP contribution < -0.4 is 21.5 Å². The number of carbonyl (C=O) groups excluding carboxylic acids is 1. The maximum atomic E-state index is 13.1. The summed E-state index contributed by atoms with van der Waals surface area (Å²) in [5.41, 5.74) is 14.8. The van der Waals surface area contributed by atoms with Gasteiger partial charge in [-0.25, -0.2) is 10.9 Å². The fourth-order valence-electron chi connectivity index (χ4n) is 10.3. The first-order chi connectivity index (χ1) is 19.9. The number of aliphatic hydroxyl groups excluding tert-OH is 3. The number of carbonyl (C=O) groups is 1. The molecular formula is C31H55N7O4. The molecule has 0 aromatic heterocycles. The maximum absolute atomic E-state index is 13.1. The third-order valence-corrected chi connectivity index (χ3v) is 12.9. The first-order valence-electron chi connectivity index (χ1n) is 16.5. The zero-order valence-electron chi connectivity index (χ0n) is 26.1. The number of rotatable bonds is 12. The Labute approximate surface area is 251 Å². The molecular weight excluding hydrogens is 534 g/mol. The Bertz CT molecular complexity index is 1020. The van der Waals surface area contributed by atoms with Crippen LogP contribution >= 0.6 is 0 Å². The van der Waals surface area contributed by atoms with E-state index in [4.69, 9.17) is 5.53 Å². The van der Waals surface area contributed by atoms with Crippen molar-refractivity contribution in [1.29, 1.82) is 0 Å². The summed E-state index contributed by atoms with van der Waals surface area (Å²) in [4.78, 5) is 15.9. The quantitative estimate of drug-likeness (QED) is 0.0596. The lowest BCUT2D eigenvalue weighted by Gasteiger charge is -2.63. The van der Waals surface area contributed by atoms with Crippen molar-refractivity contribution in [2.24, 2.45) is 51.5 Å². The number of nitrogens with zero attached hydrogens (tertiary/aromatic N) is 3. The van der Waals surface area contributed by atoms with Crippen LogP contribution in [0.15, 0.2) is 5.11 Å². The van der Waals surface area contributed by atoms with Crippen molar-refractivity contribution in [2.75, 3.05) is 13.2 Å². The van der Waals surface area contributed by atoms with Crippen molar-refractivity contribution in [3.05, 3.63) is 10.4 Å². The van der Waals surface area contributed by atoms with Gasteiger partial charge in [-0.15, -0.1) is 0 Å². The smallest absolute Gasteiger partial charge is 0.220 e. The van der Waals surface area contributed by atoms with Gasteiger partial charge in [-0.1, -0.05) is 25.9 Å². The fourth-order valence-corrected chi connectivity index (χ4v) is 10.3. The summed E-state index contributed by atoms with van der Waals surface area (Å²) in [6.45, 7) is 9.89. The summed E-state index contributed by atoms with van der Waals surface area (Å²) in [5.74, 6) is 1.78. The van der Waals surface area contributed by atoms with E-state index in [0.717, 1.165) is 57.8 Å². The Morgan fingerprint density at radius 2 is 1.71 bits per heavy atom. The number of hydrogen-bond donors (Lipinski definition) is 7. The Kier molecular flexibility index (Phi) is 9.51. The van der Waals surface area contributed by atoms with Crippen molar-refractivity contribution in [3.8, 4) is 0 Å². The number of fused-ring (bicyclic) bond motifs is 5. The minimum Gasteiger partial charge on any atom is -0.393 e. The lowest BCUT2D eigenvalue weighted by Crippen LogP contribution is -2.64. The number of azide groups is 1. The molecule has 11 heteroatoms. The van der Waals surface area contributed by atoms with Crippen LogP contribution in [0.2, 0.25) is 0 Å². The Morgan fingerprint density at radius 1 is 1.00 bits per heavy atom. The summed E-state index contributed by atoms with van der Waals surface area (Å²) in [6.07, 6.45) is 7.83. The zero-order chi connectivity index (χ0) is 30.3. The van der Waals surface area contributed by atoms with Crippen LogP contribution in [0.5, 0.6) is 0 Å². The zero-order valence-corrected chi connectivity index (χ0v) is 26.1. The Hall–Kier alpha value is -1.46. The highest BCUT2D eigenvalue weighted by molar-refractivity contribution is 5.76. The van der Waals surface area contributed by atoms with Gasteiger partial charge in [0.05, 0.1) is 30.6 Å². The number of hydrogen-bond acceptors (Lipinski definition) is 8. The molecule has 12 unspecified atom stereocenters. The van der Waals surface area contributed by atoms with Gasteiger partial charge < -0.3 is 26.0 Å². The molecule has 1 amide bonds. The second kappa shape index (κ2) is 12.5. The van der Waals surface area contributed by atoms with Gasteiger partial charge in [0.2, 0.25) is 5.91 Å². The van der Waals surface area contributed by atoms with E-state index in [1.807, 2.05) is 0 Å². The molecule has 7 N–H and O–H groups in total. The van der Waals surface area contributed by atoms with Crippen molar-refractivity contribution >= 4 is 5.91 Å². The summed E-state index contributed by atoms with van der Waals surface area (Å²) in [6, 6.07) is -0.0447. The summed E-state index contributed by atoms with van der Waals surface area (Å²) >= 11 is 0. The topological polar surface area (TPSA) is 194 Å². The van der Waals surface area contributed by atoms with Gasteiger partial charge in [0.25, 0.3) is 0 Å². The van der Waals surface area contributed by atoms with E-state index < -0.39 is 12.2 Å². The average molecular weight is 590 g/mol. The van der Waals surface area contributed by atoms with Gasteiger partial charge >= 0.3 is 0 Å². The Morgan fingerprint density at radius 3 is 2.43 bits per heavy atom. The fraction of sp³-hybridized carbons (Fsp3) is 0.968. The average Bonchev–Trinajstić information content (AvgIpc) is 3.59. The second-order valence-electron chi connectivity index (χ2n) is 15.3. The molecule has 0 aromatic rings. The molecule has 0 bridgehead atoms. The molecule has 0 radical (unpaired) electrons. The van der Waals surface area contributed by atoms with Crippen molar-refractivity contribution in [1.82, 2.24) is 21.5 Å². The normalized spacial score (nSPS) is 43.2. The molecule has 0 aromatic carbocycles. The monoisotopic (exact) mass is 589 g/mol. The molecule has 11 nitrogen and oxygen atoms in total. The maximum Gasteiger partial charge on any atom is 0.220 e. The minimum atomic E-state index is -0.767. The number of amides is 1. The number of hydrazine groups is 1. The number of nitrogens with one attached hydrogen (secondary N) is 4. The van der Waals surface area contributed by atoms with Gasteiger partial charge in [-0.3, -0.25) is 4.79 Å². The molecule has 4 aliphatic carbocycles.